The maximum atomic E-state index is 11.9. The van der Waals surface area contributed by atoms with Crippen molar-refractivity contribution in [3.63, 3.8) is 0 Å². The molecule has 0 spiro atoms. The summed E-state index contributed by atoms with van der Waals surface area (Å²) in [6, 6.07) is 0. The number of ketones is 1. The number of carbonyl (C=O) groups is 2. The zero-order chi connectivity index (χ0) is 15.9. The molecule has 20 heavy (non-hydrogen) atoms. The van der Waals surface area contributed by atoms with E-state index in [1.165, 1.54) is 0 Å². The predicted molar refractivity (Wildman–Crippen MR) is 79.8 cm³/mol. The number of Topliss-reactive ketones (excluding diaryl/α,β-unsaturated/α-hetero) is 1. The first-order valence-corrected chi connectivity index (χ1v) is 9.99. The quantitative estimate of drug-likeness (QED) is 0.462. The molecular weight excluding hydrogens is 274 g/mol. The normalized spacial score (nSPS) is 28.1. The van der Waals surface area contributed by atoms with Crippen molar-refractivity contribution >= 4 is 20.0 Å². The van der Waals surface area contributed by atoms with Crippen LogP contribution in [0.4, 0.5) is 0 Å². The van der Waals surface area contributed by atoms with E-state index in [1.807, 2.05) is 6.92 Å². The molecule has 1 amide bonds. The van der Waals surface area contributed by atoms with Crippen LogP contribution in [0.1, 0.15) is 41.0 Å². The fourth-order valence-corrected chi connectivity index (χ4v) is 3.53. The number of primary amides is 1. The van der Waals surface area contributed by atoms with E-state index in [0.29, 0.717) is 0 Å². The lowest BCUT2D eigenvalue weighted by atomic mass is 9.95. The molecule has 5 nitrogen and oxygen atoms in total. The van der Waals surface area contributed by atoms with Crippen LogP contribution in [0.2, 0.25) is 18.1 Å². The van der Waals surface area contributed by atoms with E-state index in [2.05, 4.69) is 33.9 Å². The SMILES string of the molecule is CCC(=O)C1(C(N)=O)OC1C(C)O[Si](C)(C)C(C)(C)C. The first-order chi connectivity index (χ1) is 8.90. The Labute approximate surface area is 122 Å². The zero-order valence-electron chi connectivity index (χ0n) is 13.6. The molecule has 0 radical (unpaired) electrons. The Bertz CT molecular complexity index is 416. The van der Waals surface area contributed by atoms with Crippen molar-refractivity contribution in [2.24, 2.45) is 5.73 Å². The number of amides is 1. The fraction of sp³-hybridized carbons (Fsp3) is 0.857. The van der Waals surface area contributed by atoms with Crippen LogP contribution in [0.5, 0.6) is 0 Å². The molecule has 0 aromatic heterocycles. The molecule has 1 fully saturated rings. The summed E-state index contributed by atoms with van der Waals surface area (Å²) in [4.78, 5) is 23.5. The molecule has 0 aliphatic carbocycles. The summed E-state index contributed by atoms with van der Waals surface area (Å²) in [6.45, 7) is 14.2. The number of carbonyl (C=O) groups excluding carboxylic acids is 2. The van der Waals surface area contributed by atoms with Crippen LogP contribution < -0.4 is 5.73 Å². The molecule has 3 atom stereocenters. The fourth-order valence-electron chi connectivity index (χ4n) is 2.12. The van der Waals surface area contributed by atoms with Gasteiger partial charge in [0.1, 0.15) is 6.10 Å². The largest absolute Gasteiger partial charge is 0.411 e. The predicted octanol–water partition coefficient (Wildman–Crippen LogP) is 2.00. The molecule has 0 aromatic rings. The molecule has 1 rings (SSSR count). The van der Waals surface area contributed by atoms with E-state index >= 15 is 0 Å². The van der Waals surface area contributed by atoms with E-state index in [1.54, 1.807) is 6.92 Å². The average Bonchev–Trinajstić information content (AvgIpc) is 3.02. The highest BCUT2D eigenvalue weighted by atomic mass is 28.4. The van der Waals surface area contributed by atoms with Crippen molar-refractivity contribution < 1.29 is 18.8 Å². The van der Waals surface area contributed by atoms with Crippen molar-refractivity contribution in [3.8, 4) is 0 Å². The van der Waals surface area contributed by atoms with Crippen molar-refractivity contribution in [1.82, 2.24) is 0 Å². The van der Waals surface area contributed by atoms with Gasteiger partial charge in [-0.1, -0.05) is 27.7 Å². The van der Waals surface area contributed by atoms with E-state index in [9.17, 15) is 9.59 Å². The molecule has 1 heterocycles. The average molecular weight is 301 g/mol. The van der Waals surface area contributed by atoms with Crippen LogP contribution in [0.3, 0.4) is 0 Å². The van der Waals surface area contributed by atoms with Crippen molar-refractivity contribution in [3.05, 3.63) is 0 Å². The van der Waals surface area contributed by atoms with Gasteiger partial charge < -0.3 is 14.9 Å². The molecule has 1 aliphatic heterocycles. The third-order valence-electron chi connectivity index (χ3n) is 4.47. The molecule has 116 valence electrons. The molecule has 2 N–H and O–H groups in total. The summed E-state index contributed by atoms with van der Waals surface area (Å²) in [5.74, 6) is -0.972. The Kier molecular flexibility index (Phi) is 4.54. The Morgan fingerprint density at radius 1 is 1.40 bits per heavy atom. The Morgan fingerprint density at radius 3 is 2.25 bits per heavy atom. The maximum Gasteiger partial charge on any atom is 0.260 e. The molecule has 3 unspecified atom stereocenters. The lowest BCUT2D eigenvalue weighted by Crippen LogP contribution is -2.48. The third-order valence-corrected chi connectivity index (χ3v) is 9.04. The van der Waals surface area contributed by atoms with Crippen LogP contribution in [0.15, 0.2) is 0 Å². The van der Waals surface area contributed by atoms with Gasteiger partial charge in [0.25, 0.3) is 5.91 Å². The smallest absolute Gasteiger partial charge is 0.260 e. The lowest BCUT2D eigenvalue weighted by Gasteiger charge is -2.38. The van der Waals surface area contributed by atoms with Gasteiger partial charge in [0.15, 0.2) is 14.1 Å². The minimum absolute atomic E-state index is 0.0559. The second-order valence-corrected chi connectivity index (χ2v) is 11.8. The second-order valence-electron chi connectivity index (χ2n) is 7.00. The van der Waals surface area contributed by atoms with Crippen molar-refractivity contribution in [2.45, 2.75) is 77.0 Å². The van der Waals surface area contributed by atoms with Gasteiger partial charge in [0, 0.05) is 6.42 Å². The molecule has 6 heteroatoms. The van der Waals surface area contributed by atoms with Crippen molar-refractivity contribution in [1.29, 1.82) is 0 Å². The molecule has 0 saturated carbocycles. The minimum atomic E-state index is -1.98. The third kappa shape index (κ3) is 2.82. The van der Waals surface area contributed by atoms with E-state index in [0.717, 1.165) is 0 Å². The topological polar surface area (TPSA) is 81.9 Å². The summed E-state index contributed by atoms with van der Waals surface area (Å²) in [7, 11) is -1.98. The van der Waals surface area contributed by atoms with Gasteiger partial charge in [-0.3, -0.25) is 9.59 Å². The summed E-state index contributed by atoms with van der Waals surface area (Å²) in [5.41, 5.74) is 3.90. The zero-order valence-corrected chi connectivity index (χ0v) is 14.6. The Morgan fingerprint density at radius 2 is 1.90 bits per heavy atom. The highest BCUT2D eigenvalue weighted by Gasteiger charge is 2.69. The highest BCUT2D eigenvalue weighted by molar-refractivity contribution is 6.74. The highest BCUT2D eigenvalue weighted by Crippen LogP contribution is 2.44. The summed E-state index contributed by atoms with van der Waals surface area (Å²) >= 11 is 0. The molecular formula is C14H27NO4Si. The Hall–Kier alpha value is -0.723. The molecule has 1 saturated heterocycles. The monoisotopic (exact) mass is 301 g/mol. The first-order valence-electron chi connectivity index (χ1n) is 7.09. The van der Waals surface area contributed by atoms with Crippen LogP contribution in [-0.4, -0.2) is 37.8 Å². The van der Waals surface area contributed by atoms with Gasteiger partial charge in [-0.15, -0.1) is 0 Å². The van der Waals surface area contributed by atoms with E-state index in [4.69, 9.17) is 14.9 Å². The van der Waals surface area contributed by atoms with Crippen LogP contribution in [0.25, 0.3) is 0 Å². The number of rotatable bonds is 6. The first kappa shape index (κ1) is 17.3. The van der Waals surface area contributed by atoms with Crippen molar-refractivity contribution in [2.75, 3.05) is 0 Å². The van der Waals surface area contributed by atoms with Gasteiger partial charge >= 0.3 is 0 Å². The van der Waals surface area contributed by atoms with Gasteiger partial charge in [-0.2, -0.15) is 0 Å². The molecule has 1 aliphatic rings. The summed E-state index contributed by atoms with van der Waals surface area (Å²) in [5, 5.41) is 0.0559. The van der Waals surface area contributed by atoms with Crippen LogP contribution >= 0.6 is 0 Å². The number of nitrogens with two attached hydrogens (primary N) is 1. The van der Waals surface area contributed by atoms with Gasteiger partial charge in [-0.25, -0.2) is 0 Å². The van der Waals surface area contributed by atoms with E-state index < -0.39 is 25.9 Å². The number of hydrogen-bond acceptors (Lipinski definition) is 4. The van der Waals surface area contributed by atoms with E-state index in [-0.39, 0.29) is 23.3 Å². The summed E-state index contributed by atoms with van der Waals surface area (Å²) < 4.78 is 11.6. The Balaban J connectivity index is 2.84. The molecule has 0 bridgehead atoms. The molecule has 0 aromatic carbocycles. The standard InChI is InChI=1S/C14H27NO4Si/c1-8-10(16)14(12(15)17)11(18-14)9(2)19-20(6,7)13(3,4)5/h9,11H,8H2,1-7H3,(H2,15,17). The number of hydrogen-bond donors (Lipinski definition) is 1. The van der Waals surface area contributed by atoms with Crippen LogP contribution in [-0.2, 0) is 18.8 Å². The number of ether oxygens (including phenoxy) is 1. The van der Waals surface area contributed by atoms with Gasteiger partial charge in [-0.05, 0) is 25.1 Å². The summed E-state index contributed by atoms with van der Waals surface area (Å²) in [6.07, 6.45) is -0.646. The van der Waals surface area contributed by atoms with Crippen LogP contribution in [0, 0.1) is 0 Å². The lowest BCUT2D eigenvalue weighted by molar-refractivity contribution is -0.133. The minimum Gasteiger partial charge on any atom is -0.411 e. The van der Waals surface area contributed by atoms with Gasteiger partial charge in [0.05, 0.1) is 6.10 Å². The second kappa shape index (κ2) is 5.24. The van der Waals surface area contributed by atoms with Gasteiger partial charge in [0.2, 0.25) is 5.60 Å². The maximum absolute atomic E-state index is 11.9. The number of epoxide rings is 1.